The van der Waals surface area contributed by atoms with Gasteiger partial charge in [0.1, 0.15) is 12.4 Å². The molecule has 0 bridgehead atoms. The van der Waals surface area contributed by atoms with E-state index in [1.165, 1.54) is 0 Å². The third-order valence-electron chi connectivity index (χ3n) is 3.19. The Labute approximate surface area is 132 Å². The van der Waals surface area contributed by atoms with Gasteiger partial charge in [0.2, 0.25) is 0 Å². The number of halogens is 1. The van der Waals surface area contributed by atoms with Gasteiger partial charge in [-0.3, -0.25) is 4.68 Å². The summed E-state index contributed by atoms with van der Waals surface area (Å²) in [6, 6.07) is 7.76. The van der Waals surface area contributed by atoms with E-state index in [-0.39, 0.29) is 0 Å². The Balaban J connectivity index is 2.01. The summed E-state index contributed by atoms with van der Waals surface area (Å²) >= 11 is 3.52. The molecule has 2 rings (SSSR count). The summed E-state index contributed by atoms with van der Waals surface area (Å²) in [5, 5.41) is 16.2. The van der Waals surface area contributed by atoms with Crippen molar-refractivity contribution in [1.82, 2.24) is 9.78 Å². The van der Waals surface area contributed by atoms with Crippen LogP contribution >= 0.6 is 15.9 Å². The predicted octanol–water partition coefficient (Wildman–Crippen LogP) is 3.46. The Morgan fingerprint density at radius 3 is 2.57 bits per heavy atom. The molecule has 21 heavy (non-hydrogen) atoms. The Bertz CT molecular complexity index is 648. The van der Waals surface area contributed by atoms with Crippen LogP contribution in [-0.2, 0) is 20.1 Å². The average Bonchev–Trinajstić information content (AvgIpc) is 2.71. The maximum Gasteiger partial charge on any atom is 0.131 e. The van der Waals surface area contributed by atoms with Gasteiger partial charge in [0.25, 0.3) is 0 Å². The zero-order chi connectivity index (χ0) is 15.4. The maximum atomic E-state index is 8.67. The van der Waals surface area contributed by atoms with Gasteiger partial charge in [0, 0.05) is 13.5 Å². The van der Waals surface area contributed by atoms with Crippen molar-refractivity contribution in [1.29, 1.82) is 0 Å². The molecule has 0 aliphatic carbocycles. The number of hydrogen-bond donors (Lipinski definition) is 1. The molecule has 1 N–H and O–H groups in total. The van der Waals surface area contributed by atoms with Crippen molar-refractivity contribution in [2.24, 2.45) is 12.2 Å². The van der Waals surface area contributed by atoms with Gasteiger partial charge in [-0.15, -0.1) is 0 Å². The third-order valence-corrected chi connectivity index (χ3v) is 4.22. The minimum Gasteiger partial charge on any atom is -0.487 e. The van der Waals surface area contributed by atoms with E-state index in [2.05, 4.69) is 26.2 Å². The van der Waals surface area contributed by atoms with Gasteiger partial charge in [0.15, 0.2) is 0 Å². The minimum absolute atomic E-state index is 0.453. The van der Waals surface area contributed by atoms with E-state index >= 15 is 0 Å². The Hall–Kier alpha value is -1.82. The highest BCUT2D eigenvalue weighted by Crippen LogP contribution is 2.22. The van der Waals surface area contributed by atoms with Gasteiger partial charge in [-0.25, -0.2) is 0 Å². The lowest BCUT2D eigenvalue weighted by molar-refractivity contribution is 0.294. The van der Waals surface area contributed by atoms with Crippen LogP contribution in [0.4, 0.5) is 0 Å². The van der Waals surface area contributed by atoms with Crippen LogP contribution in [0.5, 0.6) is 5.75 Å². The first-order valence-electron chi connectivity index (χ1n) is 6.58. The molecule has 0 radical (unpaired) electrons. The first-order valence-corrected chi connectivity index (χ1v) is 7.37. The molecule has 112 valence electrons. The fraction of sp³-hybridized carbons (Fsp3) is 0.333. The Kier molecular flexibility index (Phi) is 5.01. The summed E-state index contributed by atoms with van der Waals surface area (Å²) in [4.78, 5) is 0. The topological polar surface area (TPSA) is 59.6 Å². The van der Waals surface area contributed by atoms with Crippen LogP contribution in [0, 0.1) is 6.92 Å². The number of benzene rings is 1. The molecule has 6 heteroatoms. The lowest BCUT2D eigenvalue weighted by Gasteiger charge is -2.08. The molecule has 0 aliphatic rings. The highest BCUT2D eigenvalue weighted by Gasteiger charge is 2.11. The van der Waals surface area contributed by atoms with Crippen molar-refractivity contribution in [3.8, 4) is 5.75 Å². The van der Waals surface area contributed by atoms with Gasteiger partial charge in [-0.2, -0.15) is 5.10 Å². The van der Waals surface area contributed by atoms with Gasteiger partial charge < -0.3 is 9.94 Å². The van der Waals surface area contributed by atoms with Crippen LogP contribution in [0.2, 0.25) is 0 Å². The number of aryl methyl sites for hydroxylation is 2. The van der Waals surface area contributed by atoms with E-state index in [9.17, 15) is 0 Å². The Morgan fingerprint density at radius 2 is 2.05 bits per heavy atom. The number of rotatable bonds is 5. The molecule has 0 atom stereocenters. The molecule has 0 amide bonds. The highest BCUT2D eigenvalue weighted by atomic mass is 79.9. The lowest BCUT2D eigenvalue weighted by atomic mass is 10.1. The zero-order valence-corrected chi connectivity index (χ0v) is 13.9. The van der Waals surface area contributed by atoms with Crippen molar-refractivity contribution in [2.75, 3.05) is 0 Å². The van der Waals surface area contributed by atoms with Crippen LogP contribution in [0.15, 0.2) is 33.9 Å². The summed E-state index contributed by atoms with van der Waals surface area (Å²) in [7, 11) is 1.90. The van der Waals surface area contributed by atoms with E-state index in [0.717, 1.165) is 27.2 Å². The number of hydrogen-bond acceptors (Lipinski definition) is 4. The number of ether oxygens (including phenoxy) is 1. The van der Waals surface area contributed by atoms with Gasteiger partial charge in [0.05, 0.1) is 21.6 Å². The predicted molar refractivity (Wildman–Crippen MR) is 85.0 cm³/mol. The lowest BCUT2D eigenvalue weighted by Crippen LogP contribution is -2.04. The molecule has 0 saturated heterocycles. The second-order valence-corrected chi connectivity index (χ2v) is 5.71. The molecule has 1 aromatic heterocycles. The van der Waals surface area contributed by atoms with Crippen LogP contribution in [0.1, 0.15) is 23.9 Å². The molecule has 0 spiro atoms. The normalized spacial score (nSPS) is 11.7. The molecule has 1 heterocycles. The standard InChI is InChI=1S/C15H18BrN3O2/c1-10(18-20)8-12-4-6-13(7-5-12)21-9-14-15(16)11(2)17-19(14)3/h4-7,20H,8-9H2,1-3H3/b18-10-. The van der Waals surface area contributed by atoms with E-state index in [1.807, 2.05) is 42.9 Å². The van der Waals surface area contributed by atoms with Crippen molar-refractivity contribution in [3.63, 3.8) is 0 Å². The van der Waals surface area contributed by atoms with Crippen molar-refractivity contribution in [3.05, 3.63) is 45.7 Å². The van der Waals surface area contributed by atoms with E-state index in [1.54, 1.807) is 6.92 Å². The first kappa shape index (κ1) is 15.6. The molecule has 0 unspecified atom stereocenters. The Morgan fingerprint density at radius 1 is 1.38 bits per heavy atom. The molecule has 1 aromatic carbocycles. The SMILES string of the molecule is C/C(Cc1ccc(OCc2c(Br)c(C)nn2C)cc1)=N/O. The number of oxime groups is 1. The fourth-order valence-electron chi connectivity index (χ4n) is 2.02. The molecular weight excluding hydrogens is 334 g/mol. The van der Waals surface area contributed by atoms with Gasteiger partial charge in [-0.05, 0) is 47.5 Å². The quantitative estimate of drug-likeness (QED) is 0.509. The van der Waals surface area contributed by atoms with Crippen LogP contribution in [0.3, 0.4) is 0 Å². The fourth-order valence-corrected chi connectivity index (χ4v) is 2.47. The minimum atomic E-state index is 0.453. The van der Waals surface area contributed by atoms with Crippen LogP contribution in [0.25, 0.3) is 0 Å². The zero-order valence-electron chi connectivity index (χ0n) is 12.3. The summed E-state index contributed by atoms with van der Waals surface area (Å²) in [6.07, 6.45) is 0.628. The third kappa shape index (κ3) is 3.85. The molecular formula is C15H18BrN3O2. The molecule has 2 aromatic rings. The van der Waals surface area contributed by atoms with E-state index in [4.69, 9.17) is 9.94 Å². The summed E-state index contributed by atoms with van der Waals surface area (Å²) in [5.74, 6) is 0.795. The number of nitrogens with zero attached hydrogens (tertiary/aromatic N) is 3. The average molecular weight is 352 g/mol. The molecule has 0 saturated carbocycles. The second-order valence-electron chi connectivity index (χ2n) is 4.91. The van der Waals surface area contributed by atoms with Crippen LogP contribution < -0.4 is 4.74 Å². The molecule has 0 aliphatic heterocycles. The smallest absolute Gasteiger partial charge is 0.131 e. The van der Waals surface area contributed by atoms with Crippen molar-refractivity contribution < 1.29 is 9.94 Å². The van der Waals surface area contributed by atoms with Gasteiger partial charge in [-0.1, -0.05) is 17.3 Å². The summed E-state index contributed by atoms with van der Waals surface area (Å²) < 4.78 is 8.58. The largest absolute Gasteiger partial charge is 0.487 e. The summed E-state index contributed by atoms with van der Waals surface area (Å²) in [6.45, 7) is 4.19. The van der Waals surface area contributed by atoms with Crippen molar-refractivity contribution in [2.45, 2.75) is 26.9 Å². The van der Waals surface area contributed by atoms with Crippen LogP contribution in [-0.4, -0.2) is 20.7 Å². The maximum absolute atomic E-state index is 8.67. The van der Waals surface area contributed by atoms with E-state index in [0.29, 0.717) is 18.7 Å². The molecule has 0 fully saturated rings. The van der Waals surface area contributed by atoms with Gasteiger partial charge >= 0.3 is 0 Å². The molecule has 5 nitrogen and oxygen atoms in total. The first-order chi connectivity index (χ1) is 10.0. The number of aromatic nitrogens is 2. The van der Waals surface area contributed by atoms with Crippen molar-refractivity contribution >= 4 is 21.6 Å². The highest BCUT2D eigenvalue weighted by molar-refractivity contribution is 9.10. The summed E-state index contributed by atoms with van der Waals surface area (Å²) in [5.41, 5.74) is 3.71. The monoisotopic (exact) mass is 351 g/mol. The second kappa shape index (κ2) is 6.76. The van der Waals surface area contributed by atoms with E-state index < -0.39 is 0 Å².